The third-order valence-corrected chi connectivity index (χ3v) is 4.07. The van der Waals surface area contributed by atoms with Gasteiger partial charge < -0.3 is 10.0 Å². The van der Waals surface area contributed by atoms with Gasteiger partial charge in [-0.2, -0.15) is 0 Å². The number of aryl methyl sites for hydroxylation is 1. The van der Waals surface area contributed by atoms with Gasteiger partial charge in [-0.25, -0.2) is 9.97 Å². The van der Waals surface area contributed by atoms with E-state index in [4.69, 9.17) is 4.98 Å². The van der Waals surface area contributed by atoms with Gasteiger partial charge in [0.15, 0.2) is 0 Å². The fourth-order valence-corrected chi connectivity index (χ4v) is 2.95. The summed E-state index contributed by atoms with van der Waals surface area (Å²) in [6, 6.07) is 2.55. The average molecular weight is 277 g/mol. The fraction of sp³-hybridized carbons (Fsp3) is 0.750. The molecule has 0 unspecified atom stereocenters. The maximum Gasteiger partial charge on any atom is 0.226 e. The van der Waals surface area contributed by atoms with Crippen LogP contribution in [0.1, 0.15) is 63.3 Å². The summed E-state index contributed by atoms with van der Waals surface area (Å²) in [5.41, 5.74) is 2.10. The van der Waals surface area contributed by atoms with Gasteiger partial charge in [-0.05, 0) is 31.7 Å². The van der Waals surface area contributed by atoms with Crippen molar-refractivity contribution in [2.45, 2.75) is 64.8 Å². The second-order valence-electron chi connectivity index (χ2n) is 6.10. The molecule has 4 nitrogen and oxygen atoms in total. The van der Waals surface area contributed by atoms with Crippen LogP contribution in [0.15, 0.2) is 6.07 Å². The summed E-state index contributed by atoms with van der Waals surface area (Å²) in [5.74, 6) is 1.20. The number of aliphatic hydroxyl groups is 1. The molecule has 1 saturated carbocycles. The summed E-state index contributed by atoms with van der Waals surface area (Å²) in [7, 11) is 0. The molecule has 20 heavy (non-hydrogen) atoms. The summed E-state index contributed by atoms with van der Waals surface area (Å²) in [5, 5.41) is 9.38. The molecule has 1 aromatic rings. The van der Waals surface area contributed by atoms with Crippen LogP contribution >= 0.6 is 0 Å². The monoisotopic (exact) mass is 277 g/mol. The summed E-state index contributed by atoms with van der Waals surface area (Å²) in [6.45, 7) is 7.12. The van der Waals surface area contributed by atoms with Gasteiger partial charge >= 0.3 is 0 Å². The van der Waals surface area contributed by atoms with Crippen molar-refractivity contribution < 1.29 is 5.11 Å². The molecule has 4 heteroatoms. The highest BCUT2D eigenvalue weighted by molar-refractivity contribution is 5.35. The lowest BCUT2D eigenvalue weighted by molar-refractivity contribution is 0.288. The minimum absolute atomic E-state index is 0.158. The number of aromatic nitrogens is 2. The summed E-state index contributed by atoms with van der Waals surface area (Å²) in [6.07, 6.45) is 6.25. The first-order chi connectivity index (χ1) is 9.61. The molecule has 0 saturated heterocycles. The molecule has 0 amide bonds. The van der Waals surface area contributed by atoms with Crippen LogP contribution in [-0.2, 0) is 0 Å². The molecular weight excluding hydrogens is 250 g/mol. The maximum atomic E-state index is 9.38. The Balaban J connectivity index is 2.27. The van der Waals surface area contributed by atoms with Gasteiger partial charge in [0.1, 0.15) is 0 Å². The first-order valence-electron chi connectivity index (χ1n) is 7.85. The van der Waals surface area contributed by atoms with Crippen molar-refractivity contribution in [2.24, 2.45) is 0 Å². The van der Waals surface area contributed by atoms with Crippen molar-refractivity contribution in [3.8, 4) is 0 Å². The molecule has 1 N–H and O–H groups in total. The largest absolute Gasteiger partial charge is 0.395 e. The SMILES string of the molecule is Cc1cc(C(C)C)nc(N(CCO)C2CCCCC2)n1. The van der Waals surface area contributed by atoms with Crippen molar-refractivity contribution in [3.63, 3.8) is 0 Å². The molecule has 0 radical (unpaired) electrons. The lowest BCUT2D eigenvalue weighted by Crippen LogP contribution is -2.40. The van der Waals surface area contributed by atoms with E-state index in [1.807, 2.05) is 6.92 Å². The highest BCUT2D eigenvalue weighted by Crippen LogP contribution is 2.26. The second-order valence-corrected chi connectivity index (χ2v) is 6.10. The van der Waals surface area contributed by atoms with E-state index in [-0.39, 0.29) is 6.61 Å². The third-order valence-electron chi connectivity index (χ3n) is 4.07. The molecule has 0 spiro atoms. The van der Waals surface area contributed by atoms with E-state index in [0.717, 1.165) is 17.3 Å². The van der Waals surface area contributed by atoms with Crippen LogP contribution in [0.4, 0.5) is 5.95 Å². The molecule has 0 bridgehead atoms. The summed E-state index contributed by atoms with van der Waals surface area (Å²) >= 11 is 0. The molecule has 112 valence electrons. The normalized spacial score (nSPS) is 16.6. The number of rotatable bonds is 5. The van der Waals surface area contributed by atoms with Crippen LogP contribution in [0.3, 0.4) is 0 Å². The summed E-state index contributed by atoms with van der Waals surface area (Å²) in [4.78, 5) is 11.6. The Morgan fingerprint density at radius 1 is 1.25 bits per heavy atom. The van der Waals surface area contributed by atoms with E-state index < -0.39 is 0 Å². The Hall–Kier alpha value is -1.16. The van der Waals surface area contributed by atoms with E-state index >= 15 is 0 Å². The maximum absolute atomic E-state index is 9.38. The van der Waals surface area contributed by atoms with Crippen LogP contribution in [-0.4, -0.2) is 34.3 Å². The molecule has 1 fully saturated rings. The van der Waals surface area contributed by atoms with E-state index in [9.17, 15) is 5.11 Å². The van der Waals surface area contributed by atoms with Crippen LogP contribution in [0.2, 0.25) is 0 Å². The average Bonchev–Trinajstić information content (AvgIpc) is 2.45. The molecular formula is C16H27N3O. The Morgan fingerprint density at radius 3 is 2.55 bits per heavy atom. The first-order valence-corrected chi connectivity index (χ1v) is 7.85. The quantitative estimate of drug-likeness (QED) is 0.898. The topological polar surface area (TPSA) is 49.2 Å². The minimum atomic E-state index is 0.158. The number of hydrogen-bond acceptors (Lipinski definition) is 4. The van der Waals surface area contributed by atoms with Crippen molar-refractivity contribution >= 4 is 5.95 Å². The zero-order valence-electron chi connectivity index (χ0n) is 13.0. The van der Waals surface area contributed by atoms with Crippen LogP contribution < -0.4 is 4.90 Å². The molecule has 1 aliphatic rings. The number of hydrogen-bond donors (Lipinski definition) is 1. The third kappa shape index (κ3) is 3.69. The van der Waals surface area contributed by atoms with Gasteiger partial charge in [0, 0.05) is 24.0 Å². The molecule has 1 aromatic heterocycles. The van der Waals surface area contributed by atoms with Gasteiger partial charge in [0.25, 0.3) is 0 Å². The fourth-order valence-electron chi connectivity index (χ4n) is 2.95. The zero-order chi connectivity index (χ0) is 14.5. The van der Waals surface area contributed by atoms with E-state index in [2.05, 4.69) is 29.8 Å². The predicted molar refractivity (Wildman–Crippen MR) is 82.2 cm³/mol. The van der Waals surface area contributed by atoms with Gasteiger partial charge in [-0.3, -0.25) is 0 Å². The van der Waals surface area contributed by atoms with E-state index in [1.54, 1.807) is 0 Å². The Kier molecular flexibility index (Phi) is 5.35. The number of anilines is 1. The van der Waals surface area contributed by atoms with Gasteiger partial charge in [0.2, 0.25) is 5.95 Å². The smallest absolute Gasteiger partial charge is 0.226 e. The lowest BCUT2D eigenvalue weighted by Gasteiger charge is -2.34. The van der Waals surface area contributed by atoms with Gasteiger partial charge in [0.05, 0.1) is 6.61 Å². The summed E-state index contributed by atoms with van der Waals surface area (Å²) < 4.78 is 0. The van der Waals surface area contributed by atoms with Crippen molar-refractivity contribution in [1.29, 1.82) is 0 Å². The van der Waals surface area contributed by atoms with Gasteiger partial charge in [-0.1, -0.05) is 33.1 Å². The van der Waals surface area contributed by atoms with Crippen molar-refractivity contribution in [3.05, 3.63) is 17.5 Å². The van der Waals surface area contributed by atoms with Gasteiger partial charge in [-0.15, -0.1) is 0 Å². The minimum Gasteiger partial charge on any atom is -0.395 e. The second kappa shape index (κ2) is 7.02. The lowest BCUT2D eigenvalue weighted by atomic mass is 9.94. The van der Waals surface area contributed by atoms with Crippen LogP contribution in [0.25, 0.3) is 0 Å². The van der Waals surface area contributed by atoms with E-state index in [0.29, 0.717) is 18.5 Å². The first kappa shape index (κ1) is 15.2. The number of aliphatic hydroxyl groups excluding tert-OH is 1. The van der Waals surface area contributed by atoms with Crippen molar-refractivity contribution in [2.75, 3.05) is 18.1 Å². The van der Waals surface area contributed by atoms with Crippen LogP contribution in [0, 0.1) is 6.92 Å². The molecule has 0 aromatic carbocycles. The highest BCUT2D eigenvalue weighted by Gasteiger charge is 2.23. The van der Waals surface area contributed by atoms with E-state index in [1.165, 1.54) is 32.1 Å². The molecule has 0 atom stereocenters. The predicted octanol–water partition coefficient (Wildman–Crippen LogP) is 3.04. The zero-order valence-corrected chi connectivity index (χ0v) is 13.0. The molecule has 2 rings (SSSR count). The highest BCUT2D eigenvalue weighted by atomic mass is 16.3. The standard InChI is InChI=1S/C16H27N3O/c1-12(2)15-11-13(3)17-16(18-15)19(9-10-20)14-7-5-4-6-8-14/h11-12,14,20H,4-10H2,1-3H3. The Labute approximate surface area is 122 Å². The molecule has 0 aliphatic heterocycles. The van der Waals surface area contributed by atoms with Crippen molar-refractivity contribution in [1.82, 2.24) is 9.97 Å². The Morgan fingerprint density at radius 2 is 1.95 bits per heavy atom. The number of nitrogens with zero attached hydrogens (tertiary/aromatic N) is 3. The molecule has 1 heterocycles. The Bertz CT molecular complexity index is 428. The molecule has 1 aliphatic carbocycles. The van der Waals surface area contributed by atoms with Crippen LogP contribution in [0.5, 0.6) is 0 Å².